The molecule has 0 saturated carbocycles. The summed E-state index contributed by atoms with van der Waals surface area (Å²) in [5, 5.41) is 22.4. The molecule has 46 heavy (non-hydrogen) atoms. The summed E-state index contributed by atoms with van der Waals surface area (Å²) in [6.07, 6.45) is 0. The quantitative estimate of drug-likeness (QED) is 0.127. The van der Waals surface area contributed by atoms with E-state index >= 15 is 0 Å². The number of fused-ring (bicyclic) bond motifs is 8. The van der Waals surface area contributed by atoms with Gasteiger partial charge in [0, 0.05) is 50.1 Å². The van der Waals surface area contributed by atoms with Gasteiger partial charge in [-0.2, -0.15) is 0 Å². The van der Waals surface area contributed by atoms with Crippen LogP contribution in [0.4, 0.5) is 0 Å². The molecule has 0 nitrogen and oxygen atoms in total. The molecule has 0 amide bonds. The highest BCUT2D eigenvalue weighted by Crippen LogP contribution is 2.45. The third-order valence-corrected chi connectivity index (χ3v) is 13.2. The zero-order valence-corrected chi connectivity index (χ0v) is 26.8. The smallest absolute Gasteiger partial charge is 0.0440 e. The highest BCUT2D eigenvalue weighted by atomic mass is 32.1. The topological polar surface area (TPSA) is 0 Å². The second-order valence-corrected chi connectivity index (χ2v) is 15.4. The van der Waals surface area contributed by atoms with Crippen LogP contribution in [-0.2, 0) is 0 Å². The monoisotopic (exact) mass is 616 g/mol. The van der Waals surface area contributed by atoms with Crippen molar-refractivity contribution in [3.05, 3.63) is 161 Å². The number of rotatable bonds is 1. The second kappa shape index (κ2) is 8.03. The van der Waals surface area contributed by atoms with Crippen LogP contribution >= 0.6 is 22.7 Å². The predicted octanol–water partition coefficient (Wildman–Crippen LogP) is 12.2. The highest BCUT2D eigenvalue weighted by molar-refractivity contribution is 7.17. The lowest BCUT2D eigenvalue weighted by Crippen LogP contribution is -1.89. The number of aryl methyl sites for hydroxylation is 2. The highest BCUT2D eigenvalue weighted by Gasteiger charge is 2.21. The van der Waals surface area contributed by atoms with E-state index in [4.69, 9.17) is 0 Å². The summed E-state index contributed by atoms with van der Waals surface area (Å²) in [6, 6.07) is 42.2. The first-order chi connectivity index (χ1) is 22.6. The van der Waals surface area contributed by atoms with Gasteiger partial charge in [0.05, 0.1) is 0 Å². The van der Waals surface area contributed by atoms with Gasteiger partial charge >= 0.3 is 0 Å². The Morgan fingerprint density at radius 1 is 0.348 bits per heavy atom. The lowest BCUT2D eigenvalue weighted by Gasteiger charge is -2.14. The van der Waals surface area contributed by atoms with Gasteiger partial charge in [-0.1, -0.05) is 103 Å². The van der Waals surface area contributed by atoms with Crippen molar-refractivity contribution in [3.63, 3.8) is 0 Å². The number of benzene rings is 8. The van der Waals surface area contributed by atoms with Crippen molar-refractivity contribution < 1.29 is 0 Å². The molecule has 0 fully saturated rings. The van der Waals surface area contributed by atoms with Crippen molar-refractivity contribution in [1.29, 1.82) is 0 Å². The minimum atomic E-state index is 1.28. The van der Waals surface area contributed by atoms with E-state index in [1.807, 2.05) is 22.7 Å². The van der Waals surface area contributed by atoms with Gasteiger partial charge in [0.25, 0.3) is 0 Å². The minimum Gasteiger partial charge on any atom is -0.134 e. The molecule has 2 heterocycles. The molecule has 10 aromatic rings. The summed E-state index contributed by atoms with van der Waals surface area (Å²) < 4.78 is 5.61. The molecule has 2 aliphatic carbocycles. The summed E-state index contributed by atoms with van der Waals surface area (Å²) in [7, 11) is 0. The summed E-state index contributed by atoms with van der Waals surface area (Å²) in [5.41, 5.74) is 5.19. The van der Waals surface area contributed by atoms with Crippen LogP contribution in [0, 0.1) is 54.2 Å². The molecule has 12 rings (SSSR count). The van der Waals surface area contributed by atoms with E-state index in [1.165, 1.54) is 126 Å². The Bertz CT molecular complexity index is 3450. The molecule has 0 saturated heterocycles. The predicted molar refractivity (Wildman–Crippen MR) is 197 cm³/mol. The second-order valence-electron chi connectivity index (χ2n) is 13.3. The van der Waals surface area contributed by atoms with Crippen LogP contribution in [0.1, 0.15) is 11.1 Å². The van der Waals surface area contributed by atoms with Gasteiger partial charge in [-0.3, -0.25) is 0 Å². The Hall–Kier alpha value is -5.02. The fourth-order valence-electron chi connectivity index (χ4n) is 8.82. The van der Waals surface area contributed by atoms with Gasteiger partial charge in [0.1, 0.15) is 0 Å². The summed E-state index contributed by atoms with van der Waals surface area (Å²) in [6.45, 7) is 4.34. The van der Waals surface area contributed by atoms with E-state index in [2.05, 4.69) is 123 Å². The van der Waals surface area contributed by atoms with Crippen molar-refractivity contribution in [1.82, 2.24) is 0 Å². The van der Waals surface area contributed by atoms with Crippen LogP contribution in [0.2, 0.25) is 0 Å². The molecule has 0 bridgehead atoms. The Morgan fingerprint density at radius 2 is 0.783 bits per heavy atom. The Labute approximate surface area is 270 Å². The lowest BCUT2D eigenvalue weighted by molar-refractivity contribution is 1.47. The van der Waals surface area contributed by atoms with E-state index in [0.717, 1.165) is 0 Å². The fraction of sp³-hybridized carbons (Fsp3) is 0.0455. The number of hydrogen-bond donors (Lipinski definition) is 0. The molecule has 0 aliphatic heterocycles. The first-order valence-corrected chi connectivity index (χ1v) is 17.6. The molecule has 0 N–H and O–H groups in total. The Kier molecular flexibility index (Phi) is 4.23. The van der Waals surface area contributed by atoms with Crippen molar-refractivity contribution in [3.8, 4) is 11.1 Å². The van der Waals surface area contributed by atoms with Crippen LogP contribution in [0.25, 0.3) is 74.4 Å². The maximum Gasteiger partial charge on any atom is 0.0440 e. The van der Waals surface area contributed by atoms with Gasteiger partial charge in [-0.15, -0.1) is 22.7 Å². The molecular weight excluding hydrogens is 593 g/mol. The lowest BCUT2D eigenvalue weighted by atomic mass is 9.88. The van der Waals surface area contributed by atoms with Gasteiger partial charge in [-0.25, -0.2) is 0 Å². The maximum atomic E-state index is 2.42. The maximum absolute atomic E-state index is 2.42. The zero-order chi connectivity index (χ0) is 30.0. The fourth-order valence-corrected chi connectivity index (χ4v) is 11.5. The third kappa shape index (κ3) is 2.75. The van der Waals surface area contributed by atoms with Crippen molar-refractivity contribution in [2.45, 2.75) is 13.8 Å². The molecule has 2 aromatic heterocycles. The van der Waals surface area contributed by atoms with Crippen LogP contribution in [0.15, 0.2) is 109 Å². The normalized spacial score (nSPS) is 13.0. The van der Waals surface area contributed by atoms with Gasteiger partial charge in [0.15, 0.2) is 0 Å². The van der Waals surface area contributed by atoms with Crippen molar-refractivity contribution in [2.24, 2.45) is 0 Å². The molecule has 0 atom stereocenters. The van der Waals surface area contributed by atoms with Crippen molar-refractivity contribution in [2.75, 3.05) is 0 Å². The Balaban J connectivity index is 1.22. The SMILES string of the molecule is Cc1ccc(-c2ccc3c4c(sc3c2)=c2ccc3c5ccc6c7c(ccc(c8ccc=4c2c38)c75)=c2c=6sc3cc(C)ccc23)cc1. The molecule has 0 unspecified atom stereocenters. The largest absolute Gasteiger partial charge is 0.134 e. The van der Waals surface area contributed by atoms with E-state index in [0.29, 0.717) is 0 Å². The van der Waals surface area contributed by atoms with Crippen LogP contribution < -0.4 is 0 Å². The van der Waals surface area contributed by atoms with Crippen molar-refractivity contribution >= 4 is 85.9 Å². The summed E-state index contributed by atoms with van der Waals surface area (Å²) >= 11 is 3.91. The molecule has 0 radical (unpaired) electrons. The molecule has 8 aromatic carbocycles. The first kappa shape index (κ1) is 24.2. The molecule has 2 aliphatic rings. The summed E-state index contributed by atoms with van der Waals surface area (Å²) in [5.74, 6) is 0. The standard InChI is InChI=1S/C44H24S2/c1-21-3-6-23(7-4-21)24-8-10-30-36(20-24)46-44-34-18-14-28-27-13-17-33-39-31(41-29-9-5-22(2)19-35(29)45-43(33)41)15-11-25(37(27)39)26-12-16-32(42(30)44)40(34)38(26)28/h3-20H,1-2H3. The molecular formula is C44H24S2. The summed E-state index contributed by atoms with van der Waals surface area (Å²) in [4.78, 5) is 0. The molecule has 212 valence electrons. The number of hydrogen-bond acceptors (Lipinski definition) is 2. The minimum absolute atomic E-state index is 1.28. The van der Waals surface area contributed by atoms with E-state index < -0.39 is 0 Å². The van der Waals surface area contributed by atoms with E-state index in [-0.39, 0.29) is 0 Å². The van der Waals surface area contributed by atoms with Crippen LogP contribution in [0.3, 0.4) is 0 Å². The first-order valence-electron chi connectivity index (χ1n) is 16.0. The van der Waals surface area contributed by atoms with Crippen LogP contribution in [0.5, 0.6) is 0 Å². The van der Waals surface area contributed by atoms with E-state index in [9.17, 15) is 0 Å². The third-order valence-electron chi connectivity index (χ3n) is 10.9. The van der Waals surface area contributed by atoms with Crippen LogP contribution in [-0.4, -0.2) is 0 Å². The number of thiophene rings is 2. The average molecular weight is 617 g/mol. The van der Waals surface area contributed by atoms with Gasteiger partial charge < -0.3 is 0 Å². The zero-order valence-electron chi connectivity index (χ0n) is 25.2. The van der Waals surface area contributed by atoms with Gasteiger partial charge in [-0.05, 0) is 96.2 Å². The Morgan fingerprint density at radius 3 is 1.35 bits per heavy atom. The molecule has 2 heteroatoms. The average Bonchev–Trinajstić information content (AvgIpc) is 3.81. The molecule has 0 spiro atoms. The van der Waals surface area contributed by atoms with Gasteiger partial charge in [0.2, 0.25) is 0 Å². The van der Waals surface area contributed by atoms with E-state index in [1.54, 1.807) is 0 Å².